The molecule has 2 aromatic rings. The van der Waals surface area contributed by atoms with Crippen LogP contribution >= 0.6 is 0 Å². The van der Waals surface area contributed by atoms with Crippen molar-refractivity contribution in [2.24, 2.45) is 0 Å². The highest BCUT2D eigenvalue weighted by Crippen LogP contribution is 2.48. The predicted molar refractivity (Wildman–Crippen MR) is 99.0 cm³/mol. The number of sulfonamides is 1. The summed E-state index contributed by atoms with van der Waals surface area (Å²) in [6, 6.07) is 14.4. The first kappa shape index (κ1) is 18.6. The maximum atomic E-state index is 13.1. The molecule has 2 aromatic carbocycles. The highest BCUT2D eigenvalue weighted by molar-refractivity contribution is 7.89. The normalized spacial score (nSPS) is 22.7. The lowest BCUT2D eigenvalue weighted by Gasteiger charge is -2.19. The Morgan fingerprint density at radius 3 is 2.12 bits per heavy atom. The lowest BCUT2D eigenvalue weighted by Crippen LogP contribution is -2.29. The van der Waals surface area contributed by atoms with Crippen LogP contribution in [-0.4, -0.2) is 30.3 Å². The summed E-state index contributed by atoms with van der Waals surface area (Å²) >= 11 is 0. The molecule has 0 spiro atoms. The van der Waals surface area contributed by atoms with Gasteiger partial charge in [0.2, 0.25) is 10.0 Å². The van der Waals surface area contributed by atoms with E-state index in [2.05, 4.69) is 0 Å². The molecule has 0 amide bonds. The van der Waals surface area contributed by atoms with Crippen LogP contribution in [0.25, 0.3) is 0 Å². The number of hydrogen-bond donors (Lipinski definition) is 0. The maximum Gasteiger partial charge on any atom is 0.327 e. The zero-order valence-corrected chi connectivity index (χ0v) is 16.2. The Hall–Kier alpha value is -2.18. The molecule has 0 aliphatic carbocycles. The molecule has 0 radical (unpaired) electrons. The minimum Gasteiger partial charge on any atom is -0.459 e. The fourth-order valence-corrected chi connectivity index (χ4v) is 4.62. The molecule has 3 atom stereocenters. The molecule has 1 unspecified atom stereocenters. The Kier molecular flexibility index (Phi) is 4.67. The van der Waals surface area contributed by atoms with Crippen molar-refractivity contribution >= 4 is 16.0 Å². The number of carbonyl (C=O) groups is 1. The van der Waals surface area contributed by atoms with E-state index in [1.165, 1.54) is 4.31 Å². The first-order valence-electron chi connectivity index (χ1n) is 8.49. The molecule has 1 aliphatic rings. The van der Waals surface area contributed by atoms with Gasteiger partial charge in [-0.3, -0.25) is 4.79 Å². The summed E-state index contributed by atoms with van der Waals surface area (Å²) in [5.74, 6) is -0.526. The van der Waals surface area contributed by atoms with Crippen molar-refractivity contribution in [2.45, 2.75) is 50.3 Å². The summed E-state index contributed by atoms with van der Waals surface area (Å²) < 4.78 is 32.9. The largest absolute Gasteiger partial charge is 0.459 e. The molecule has 1 aliphatic heterocycles. The Labute approximate surface area is 154 Å². The molecule has 3 rings (SSSR count). The topological polar surface area (TPSA) is 63.5 Å². The van der Waals surface area contributed by atoms with Gasteiger partial charge in [-0.05, 0) is 45.4 Å². The van der Waals surface area contributed by atoms with Crippen molar-refractivity contribution in [2.75, 3.05) is 0 Å². The third kappa shape index (κ3) is 3.66. The monoisotopic (exact) mass is 373 g/mol. The van der Waals surface area contributed by atoms with Gasteiger partial charge in [0.15, 0.2) is 0 Å². The van der Waals surface area contributed by atoms with E-state index in [-0.39, 0.29) is 4.90 Å². The number of rotatable bonds is 4. The zero-order chi connectivity index (χ0) is 19.1. The molecule has 0 N–H and O–H groups in total. The third-order valence-electron chi connectivity index (χ3n) is 4.14. The van der Waals surface area contributed by atoms with E-state index in [1.807, 2.05) is 37.3 Å². The van der Waals surface area contributed by atoms with Gasteiger partial charge in [-0.25, -0.2) is 8.42 Å². The van der Waals surface area contributed by atoms with Gasteiger partial charge in [0.05, 0.1) is 10.9 Å². The molecule has 1 saturated heterocycles. The summed E-state index contributed by atoms with van der Waals surface area (Å²) in [7, 11) is -3.80. The summed E-state index contributed by atoms with van der Waals surface area (Å²) in [4.78, 5) is 12.8. The lowest BCUT2D eigenvalue weighted by molar-refractivity contribution is -0.154. The molecule has 0 bridgehead atoms. The first-order valence-corrected chi connectivity index (χ1v) is 9.93. The molecule has 1 fully saturated rings. The molecule has 1 heterocycles. The second-order valence-electron chi connectivity index (χ2n) is 7.48. The second-order valence-corrected chi connectivity index (χ2v) is 9.33. The van der Waals surface area contributed by atoms with E-state index in [0.717, 1.165) is 11.1 Å². The lowest BCUT2D eigenvalue weighted by atomic mass is 10.1. The van der Waals surface area contributed by atoms with E-state index < -0.39 is 33.7 Å². The molecule has 0 aromatic heterocycles. The minimum absolute atomic E-state index is 0.176. The smallest absolute Gasteiger partial charge is 0.327 e. The van der Waals surface area contributed by atoms with Gasteiger partial charge < -0.3 is 4.74 Å². The van der Waals surface area contributed by atoms with Gasteiger partial charge >= 0.3 is 5.97 Å². The van der Waals surface area contributed by atoms with Crippen LogP contribution < -0.4 is 0 Å². The van der Waals surface area contributed by atoms with E-state index in [1.54, 1.807) is 45.0 Å². The van der Waals surface area contributed by atoms with Gasteiger partial charge in [0.1, 0.15) is 11.6 Å². The van der Waals surface area contributed by atoms with Crippen LogP contribution in [0.4, 0.5) is 0 Å². The second kappa shape index (κ2) is 6.52. The fourth-order valence-electron chi connectivity index (χ4n) is 2.92. The number of hydrogen-bond acceptors (Lipinski definition) is 4. The van der Waals surface area contributed by atoms with E-state index >= 15 is 0 Å². The Balaban J connectivity index is 1.97. The Bertz CT molecular complexity index is 899. The van der Waals surface area contributed by atoms with Crippen LogP contribution in [0.3, 0.4) is 0 Å². The SMILES string of the molecule is Cc1ccc(S(=O)(=O)N2[C@H](c3ccccc3)[C@@H]2C(=O)OC(C)(C)C)cc1. The minimum atomic E-state index is -3.80. The van der Waals surface area contributed by atoms with E-state index in [0.29, 0.717) is 0 Å². The summed E-state index contributed by atoms with van der Waals surface area (Å²) in [5, 5.41) is 0. The van der Waals surface area contributed by atoms with Gasteiger partial charge in [0, 0.05) is 0 Å². The fraction of sp³-hybridized carbons (Fsp3) is 0.350. The average Bonchev–Trinajstić information content (AvgIpc) is 3.31. The number of benzene rings is 2. The molecule has 5 nitrogen and oxygen atoms in total. The van der Waals surface area contributed by atoms with E-state index in [4.69, 9.17) is 4.74 Å². The van der Waals surface area contributed by atoms with Crippen LogP contribution in [0.2, 0.25) is 0 Å². The summed E-state index contributed by atoms with van der Waals surface area (Å²) in [5.41, 5.74) is 1.07. The van der Waals surface area contributed by atoms with Crippen molar-refractivity contribution < 1.29 is 17.9 Å². The average molecular weight is 373 g/mol. The van der Waals surface area contributed by atoms with Crippen molar-refractivity contribution in [1.82, 2.24) is 4.31 Å². The van der Waals surface area contributed by atoms with Gasteiger partial charge in [0.25, 0.3) is 0 Å². The van der Waals surface area contributed by atoms with Crippen molar-refractivity contribution in [1.29, 1.82) is 0 Å². The van der Waals surface area contributed by atoms with Crippen molar-refractivity contribution in [3.05, 3.63) is 65.7 Å². The number of nitrogens with zero attached hydrogens (tertiary/aromatic N) is 1. The predicted octanol–water partition coefficient (Wildman–Crippen LogP) is 3.45. The van der Waals surface area contributed by atoms with Crippen molar-refractivity contribution in [3.8, 4) is 0 Å². The van der Waals surface area contributed by atoms with Crippen molar-refractivity contribution in [3.63, 3.8) is 0 Å². The standard InChI is InChI=1S/C20H23NO4S/c1-14-10-12-16(13-11-14)26(23,24)21-17(15-8-6-5-7-9-15)18(21)19(22)25-20(2,3)4/h5-13,17-18H,1-4H3/t17-,18-,21?/m1/s1. The summed E-state index contributed by atoms with van der Waals surface area (Å²) in [6.07, 6.45) is 0. The molecular formula is C20H23NO4S. The third-order valence-corrected chi connectivity index (χ3v) is 6.02. The van der Waals surface area contributed by atoms with Crippen LogP contribution in [0.15, 0.2) is 59.5 Å². The zero-order valence-electron chi connectivity index (χ0n) is 15.3. The quantitative estimate of drug-likeness (QED) is 0.608. The molecule has 138 valence electrons. The molecule has 6 heteroatoms. The van der Waals surface area contributed by atoms with Crippen LogP contribution in [0.1, 0.15) is 37.9 Å². The Morgan fingerprint density at radius 1 is 1.00 bits per heavy atom. The summed E-state index contributed by atoms with van der Waals surface area (Å²) in [6.45, 7) is 7.20. The van der Waals surface area contributed by atoms with Gasteiger partial charge in [-0.2, -0.15) is 4.31 Å². The molecule has 26 heavy (non-hydrogen) atoms. The van der Waals surface area contributed by atoms with Gasteiger partial charge in [-0.1, -0.05) is 48.0 Å². The number of esters is 1. The van der Waals surface area contributed by atoms with Gasteiger partial charge in [-0.15, -0.1) is 0 Å². The number of carbonyl (C=O) groups excluding carboxylic acids is 1. The van der Waals surface area contributed by atoms with Crippen LogP contribution in [-0.2, 0) is 19.6 Å². The van der Waals surface area contributed by atoms with Crippen LogP contribution in [0, 0.1) is 6.92 Å². The molecular weight excluding hydrogens is 350 g/mol. The number of ether oxygens (including phenoxy) is 1. The number of aryl methyl sites for hydroxylation is 1. The maximum absolute atomic E-state index is 13.1. The van der Waals surface area contributed by atoms with E-state index in [9.17, 15) is 13.2 Å². The highest BCUT2D eigenvalue weighted by Gasteiger charge is 2.61. The first-order chi connectivity index (χ1) is 12.1. The Morgan fingerprint density at radius 2 is 1.58 bits per heavy atom. The highest BCUT2D eigenvalue weighted by atomic mass is 32.2. The molecule has 0 saturated carbocycles. The van der Waals surface area contributed by atoms with Crippen LogP contribution in [0.5, 0.6) is 0 Å².